The van der Waals surface area contributed by atoms with E-state index in [0.717, 1.165) is 0 Å². The molecule has 0 amide bonds. The van der Waals surface area contributed by atoms with Gasteiger partial charge in [-0.15, -0.1) is 0 Å². The van der Waals surface area contributed by atoms with E-state index in [2.05, 4.69) is 0 Å². The molecule has 3 nitrogen and oxygen atoms in total. The third-order valence-electron chi connectivity index (χ3n) is 0.695. The number of carbonyl (C=O) groups is 1. The molecule has 1 unspecified atom stereocenters. The summed E-state index contributed by atoms with van der Waals surface area (Å²) in [6.07, 6.45) is 0. The minimum atomic E-state index is -0.956. The van der Waals surface area contributed by atoms with Crippen LogP contribution < -0.4 is 51.4 Å². The third kappa shape index (κ3) is 5.21. The zero-order valence-electron chi connectivity index (χ0n) is 6.09. The van der Waals surface area contributed by atoms with Gasteiger partial charge < -0.3 is 11.6 Å². The average molecular weight is 144 g/mol. The minimum Gasteiger partial charge on any atom is -1.00 e. The van der Waals surface area contributed by atoms with E-state index in [9.17, 15) is 4.79 Å². The number of aliphatic hydroxyl groups is 1. The van der Waals surface area contributed by atoms with E-state index in [1.54, 1.807) is 0 Å². The summed E-state index contributed by atoms with van der Waals surface area (Å²) in [4.78, 5) is 9.77. The number of hydrogen-bond acceptors (Lipinski definition) is 2. The van der Waals surface area contributed by atoms with E-state index < -0.39 is 11.9 Å². The van der Waals surface area contributed by atoms with Crippen molar-refractivity contribution in [3.05, 3.63) is 0 Å². The van der Waals surface area contributed by atoms with Gasteiger partial charge in [-0.25, -0.2) is 0 Å². The Morgan fingerprint density at radius 2 is 2.25 bits per heavy atom. The molecule has 0 aromatic heterocycles. The van der Waals surface area contributed by atoms with E-state index in [1.165, 1.54) is 6.92 Å². The van der Waals surface area contributed by atoms with Crippen molar-refractivity contribution in [2.24, 2.45) is 5.92 Å². The predicted molar refractivity (Wildman–Crippen MR) is 25.0 cm³/mol. The van der Waals surface area contributed by atoms with Gasteiger partial charge in [0.25, 0.3) is 0 Å². The first-order valence-electron chi connectivity index (χ1n) is 2.02. The molecule has 0 rings (SSSR count). The van der Waals surface area contributed by atoms with Crippen LogP contribution in [0.1, 0.15) is 8.35 Å². The molecule has 1 atom stereocenters. The second-order valence-electron chi connectivity index (χ2n) is 1.42. The van der Waals surface area contributed by atoms with Gasteiger partial charge in [0, 0.05) is 0 Å². The van der Waals surface area contributed by atoms with Gasteiger partial charge in [0.15, 0.2) is 0 Å². The molecular weight excluding hydrogens is 135 g/mol. The number of carboxylic acid groups (broad SMARTS) is 1. The van der Waals surface area contributed by atoms with E-state index in [0.29, 0.717) is 0 Å². The number of hydrogen-bond donors (Lipinski definition) is 2. The molecule has 0 radical (unpaired) electrons. The molecule has 0 saturated heterocycles. The summed E-state index contributed by atoms with van der Waals surface area (Å²) in [5.74, 6) is -1.58. The first kappa shape index (κ1) is 11.8. The smallest absolute Gasteiger partial charge is 1.00 e. The van der Waals surface area contributed by atoms with E-state index >= 15 is 0 Å². The third-order valence-corrected chi connectivity index (χ3v) is 0.695. The Labute approximate surface area is 92.0 Å². The summed E-state index contributed by atoms with van der Waals surface area (Å²) in [6, 6.07) is 0. The van der Waals surface area contributed by atoms with Gasteiger partial charge in [-0.1, -0.05) is 0 Å². The Morgan fingerprint density at radius 1 is 1.88 bits per heavy atom. The van der Waals surface area contributed by atoms with Crippen molar-refractivity contribution in [1.29, 1.82) is 0 Å². The summed E-state index contributed by atoms with van der Waals surface area (Å²) in [5.41, 5.74) is 0. The maximum absolute atomic E-state index is 9.77. The van der Waals surface area contributed by atoms with Crippen molar-refractivity contribution in [3.63, 3.8) is 0 Å². The maximum atomic E-state index is 9.77. The fourth-order valence-electron chi connectivity index (χ4n) is 0.0781. The Hall–Kier alpha value is 1.07. The first-order chi connectivity index (χ1) is 3.18. The fraction of sp³-hybridized carbons (Fsp3) is 0.750. The Morgan fingerprint density at radius 3 is 2.25 bits per heavy atom. The standard InChI is InChI=1S/C4H8O3.K.H/c1-3(2-5)4(6)7;;/h3,5H,2H2,1H3,(H,6,7);;/q;+1;-1. The molecule has 44 valence electrons. The molecule has 0 aliphatic heterocycles. The second kappa shape index (κ2) is 6.19. The summed E-state index contributed by atoms with van der Waals surface area (Å²) in [5, 5.41) is 16.1. The molecule has 0 aliphatic carbocycles. The van der Waals surface area contributed by atoms with Crippen LogP contribution in [0.2, 0.25) is 0 Å². The van der Waals surface area contributed by atoms with Crippen LogP contribution in [0.15, 0.2) is 0 Å². The summed E-state index contributed by atoms with van der Waals surface area (Å²) < 4.78 is 0. The topological polar surface area (TPSA) is 57.5 Å². The zero-order valence-corrected chi connectivity index (χ0v) is 8.21. The minimum absolute atomic E-state index is 0. The maximum Gasteiger partial charge on any atom is 1.00 e. The number of carboxylic acids is 1. The van der Waals surface area contributed by atoms with Gasteiger partial charge in [0.05, 0.1) is 12.5 Å². The Kier molecular flexibility index (Phi) is 9.14. The van der Waals surface area contributed by atoms with Crippen LogP contribution in [0, 0.1) is 5.92 Å². The van der Waals surface area contributed by atoms with E-state index in [1.807, 2.05) is 0 Å². The van der Waals surface area contributed by atoms with Gasteiger partial charge in [0.1, 0.15) is 0 Å². The molecule has 0 aromatic rings. The van der Waals surface area contributed by atoms with Gasteiger partial charge in [-0.2, -0.15) is 0 Å². The second-order valence-corrected chi connectivity index (χ2v) is 1.42. The summed E-state index contributed by atoms with van der Waals surface area (Å²) in [7, 11) is 0. The van der Waals surface area contributed by atoms with E-state index in [4.69, 9.17) is 10.2 Å². The van der Waals surface area contributed by atoms with Gasteiger partial charge in [-0.3, -0.25) is 4.79 Å². The monoisotopic (exact) mass is 144 g/mol. The van der Waals surface area contributed by atoms with Crippen LogP contribution in [0.5, 0.6) is 0 Å². The summed E-state index contributed by atoms with van der Waals surface area (Å²) >= 11 is 0. The van der Waals surface area contributed by atoms with Crippen molar-refractivity contribution < 1.29 is 67.8 Å². The Bertz CT molecular complexity index is 78.2. The van der Waals surface area contributed by atoms with Crippen LogP contribution in [-0.4, -0.2) is 22.8 Å². The fourth-order valence-corrected chi connectivity index (χ4v) is 0.0781. The molecule has 2 N–H and O–H groups in total. The molecule has 0 bridgehead atoms. The van der Waals surface area contributed by atoms with E-state index in [-0.39, 0.29) is 59.4 Å². The SMILES string of the molecule is CC(CO)C(=O)O.[H-].[K+]. The number of aliphatic hydroxyl groups excluding tert-OH is 1. The first-order valence-corrected chi connectivity index (χ1v) is 2.02. The molecule has 0 heterocycles. The largest absolute Gasteiger partial charge is 1.00 e. The quantitative estimate of drug-likeness (QED) is 0.402. The van der Waals surface area contributed by atoms with Crippen LogP contribution in [0.25, 0.3) is 0 Å². The van der Waals surface area contributed by atoms with Crippen molar-refractivity contribution in [1.82, 2.24) is 0 Å². The van der Waals surface area contributed by atoms with Crippen LogP contribution in [-0.2, 0) is 4.79 Å². The molecule has 0 aliphatic rings. The molecule has 8 heavy (non-hydrogen) atoms. The number of rotatable bonds is 2. The van der Waals surface area contributed by atoms with Gasteiger partial charge in [-0.05, 0) is 6.92 Å². The molecule has 0 aromatic carbocycles. The normalized spacial score (nSPS) is 11.8. The van der Waals surface area contributed by atoms with Crippen LogP contribution in [0.3, 0.4) is 0 Å². The van der Waals surface area contributed by atoms with Crippen molar-refractivity contribution >= 4 is 5.97 Å². The van der Waals surface area contributed by atoms with Crippen molar-refractivity contribution in [2.45, 2.75) is 6.92 Å². The molecule has 0 spiro atoms. The van der Waals surface area contributed by atoms with Gasteiger partial charge >= 0.3 is 57.4 Å². The van der Waals surface area contributed by atoms with Crippen LogP contribution >= 0.6 is 0 Å². The van der Waals surface area contributed by atoms with Crippen molar-refractivity contribution in [2.75, 3.05) is 6.61 Å². The Balaban J connectivity index is -0.000000180. The zero-order chi connectivity index (χ0) is 5.86. The molecule has 4 heteroatoms. The van der Waals surface area contributed by atoms with Gasteiger partial charge in [0.2, 0.25) is 0 Å². The molecular formula is C4H9KO3. The molecule has 0 fully saturated rings. The number of aliphatic carboxylic acids is 1. The van der Waals surface area contributed by atoms with Crippen LogP contribution in [0.4, 0.5) is 0 Å². The predicted octanol–water partition coefficient (Wildman–Crippen LogP) is -3.18. The molecule has 0 saturated carbocycles. The average Bonchev–Trinajstić information content (AvgIpc) is 1.65. The summed E-state index contributed by atoms with van der Waals surface area (Å²) in [6.45, 7) is 1.16. The van der Waals surface area contributed by atoms with Crippen molar-refractivity contribution in [3.8, 4) is 0 Å².